The highest BCUT2D eigenvalue weighted by Gasteiger charge is 2.22. The van der Waals surface area contributed by atoms with E-state index < -0.39 is 11.8 Å². The van der Waals surface area contributed by atoms with E-state index in [2.05, 4.69) is 4.98 Å². The first kappa shape index (κ1) is 14.4. The van der Waals surface area contributed by atoms with Crippen LogP contribution in [0.5, 0.6) is 0 Å². The molecule has 0 aliphatic rings. The van der Waals surface area contributed by atoms with Crippen molar-refractivity contribution in [1.82, 2.24) is 4.98 Å². The molecule has 0 saturated heterocycles. The topological polar surface area (TPSA) is 56.3 Å². The summed E-state index contributed by atoms with van der Waals surface area (Å²) in [5.41, 5.74) is 1.85. The van der Waals surface area contributed by atoms with Crippen molar-refractivity contribution < 1.29 is 14.3 Å². The molecule has 2 aromatic carbocycles. The first-order valence-electron chi connectivity index (χ1n) is 6.87. The summed E-state index contributed by atoms with van der Waals surface area (Å²) in [5.74, 6) is -1.48. The molecule has 110 valence electrons. The summed E-state index contributed by atoms with van der Waals surface area (Å²) in [4.78, 5) is 28.5. The molecule has 5 heteroatoms. The van der Waals surface area contributed by atoms with Gasteiger partial charge in [0.25, 0.3) is 5.78 Å². The molecule has 0 aliphatic carbocycles. The van der Waals surface area contributed by atoms with Gasteiger partial charge >= 0.3 is 5.97 Å². The molecule has 0 N–H and O–H groups in total. The average Bonchev–Trinajstić information content (AvgIpc) is 2.98. The molecule has 0 saturated carbocycles. The van der Waals surface area contributed by atoms with Crippen molar-refractivity contribution in [1.29, 1.82) is 0 Å². The van der Waals surface area contributed by atoms with Crippen LogP contribution in [0, 0.1) is 0 Å². The number of fused-ring (bicyclic) bond motifs is 1. The molecule has 0 atom stereocenters. The molecular weight excluding hydrogens is 298 g/mol. The molecule has 0 amide bonds. The van der Waals surface area contributed by atoms with Crippen LogP contribution in [0.1, 0.15) is 17.3 Å². The number of ketones is 1. The van der Waals surface area contributed by atoms with E-state index in [1.807, 2.05) is 30.3 Å². The van der Waals surface area contributed by atoms with Crippen LogP contribution in [-0.2, 0) is 9.53 Å². The smallest absolute Gasteiger partial charge is 0.379 e. The van der Waals surface area contributed by atoms with Gasteiger partial charge in [0, 0.05) is 11.1 Å². The zero-order chi connectivity index (χ0) is 15.5. The van der Waals surface area contributed by atoms with Crippen LogP contribution in [0.2, 0.25) is 0 Å². The van der Waals surface area contributed by atoms with Crippen molar-refractivity contribution in [2.75, 3.05) is 6.61 Å². The third-order valence-corrected chi connectivity index (χ3v) is 4.23. The number of carbonyl (C=O) groups is 2. The minimum absolute atomic E-state index is 0.174. The summed E-state index contributed by atoms with van der Waals surface area (Å²) < 4.78 is 5.84. The Labute approximate surface area is 131 Å². The number of aromatic nitrogens is 1. The van der Waals surface area contributed by atoms with Crippen LogP contribution in [0.25, 0.3) is 20.8 Å². The molecule has 0 radical (unpaired) electrons. The van der Waals surface area contributed by atoms with E-state index >= 15 is 0 Å². The molecule has 0 bridgehead atoms. The SMILES string of the molecule is CCOC(=O)C(=O)c1ccccc1-c1nc2ccccc2s1. The Morgan fingerprint density at radius 3 is 2.59 bits per heavy atom. The Morgan fingerprint density at radius 2 is 1.82 bits per heavy atom. The Kier molecular flexibility index (Phi) is 3.98. The number of nitrogens with zero attached hydrogens (tertiary/aromatic N) is 1. The standard InChI is InChI=1S/C17H13NO3S/c1-2-21-17(20)15(19)11-7-3-4-8-12(11)16-18-13-9-5-6-10-14(13)22-16/h3-10H,2H2,1H3. The summed E-state index contributed by atoms with van der Waals surface area (Å²) >= 11 is 1.49. The summed E-state index contributed by atoms with van der Waals surface area (Å²) in [6.07, 6.45) is 0. The minimum Gasteiger partial charge on any atom is -0.460 e. The zero-order valence-electron chi connectivity index (χ0n) is 11.9. The van der Waals surface area contributed by atoms with Gasteiger partial charge in [-0.15, -0.1) is 11.3 Å². The van der Waals surface area contributed by atoms with Gasteiger partial charge in [0.15, 0.2) is 0 Å². The van der Waals surface area contributed by atoms with E-state index in [-0.39, 0.29) is 6.61 Å². The van der Waals surface area contributed by atoms with Gasteiger partial charge in [-0.1, -0.05) is 36.4 Å². The molecule has 0 spiro atoms. The minimum atomic E-state index is -0.837. The maximum atomic E-state index is 12.2. The van der Waals surface area contributed by atoms with E-state index in [1.165, 1.54) is 11.3 Å². The Bertz CT molecular complexity index is 821. The number of esters is 1. The summed E-state index contributed by atoms with van der Waals surface area (Å²) in [6.45, 7) is 1.85. The van der Waals surface area contributed by atoms with E-state index in [0.29, 0.717) is 11.1 Å². The highest BCUT2D eigenvalue weighted by Crippen LogP contribution is 2.32. The van der Waals surface area contributed by atoms with Crippen LogP contribution in [-0.4, -0.2) is 23.3 Å². The summed E-state index contributed by atoms with van der Waals surface area (Å²) in [5, 5.41) is 0.717. The Balaban J connectivity index is 2.08. The van der Waals surface area contributed by atoms with Crippen molar-refractivity contribution in [3.63, 3.8) is 0 Å². The maximum Gasteiger partial charge on any atom is 0.379 e. The predicted octanol–water partition coefficient (Wildman–Crippen LogP) is 3.71. The second kappa shape index (κ2) is 6.07. The fourth-order valence-electron chi connectivity index (χ4n) is 2.16. The molecule has 3 rings (SSSR count). The quantitative estimate of drug-likeness (QED) is 0.419. The average molecular weight is 311 g/mol. The van der Waals surface area contributed by atoms with Gasteiger partial charge in [0.05, 0.1) is 16.8 Å². The van der Waals surface area contributed by atoms with Crippen LogP contribution < -0.4 is 0 Å². The lowest BCUT2D eigenvalue weighted by molar-refractivity contribution is -0.137. The van der Waals surface area contributed by atoms with Gasteiger partial charge in [0.1, 0.15) is 5.01 Å². The number of thiazole rings is 1. The Morgan fingerprint density at radius 1 is 1.09 bits per heavy atom. The van der Waals surface area contributed by atoms with Gasteiger partial charge in [0.2, 0.25) is 0 Å². The normalized spacial score (nSPS) is 10.6. The largest absolute Gasteiger partial charge is 0.460 e. The number of Topliss-reactive ketones (excluding diaryl/α,β-unsaturated/α-hetero) is 1. The van der Waals surface area contributed by atoms with Crippen molar-refractivity contribution in [2.45, 2.75) is 6.92 Å². The fourth-order valence-corrected chi connectivity index (χ4v) is 3.17. The maximum absolute atomic E-state index is 12.2. The first-order valence-corrected chi connectivity index (χ1v) is 7.68. The fraction of sp³-hybridized carbons (Fsp3) is 0.118. The van der Waals surface area contributed by atoms with Crippen molar-refractivity contribution in [3.05, 3.63) is 54.1 Å². The molecule has 0 fully saturated rings. The lowest BCUT2D eigenvalue weighted by Crippen LogP contribution is -2.18. The van der Waals surface area contributed by atoms with E-state index in [9.17, 15) is 9.59 Å². The third kappa shape index (κ3) is 2.63. The zero-order valence-corrected chi connectivity index (χ0v) is 12.7. The van der Waals surface area contributed by atoms with Crippen LogP contribution >= 0.6 is 11.3 Å². The number of rotatable bonds is 4. The number of hydrogen-bond donors (Lipinski definition) is 0. The van der Waals surface area contributed by atoms with Crippen LogP contribution in [0.15, 0.2) is 48.5 Å². The molecule has 4 nitrogen and oxygen atoms in total. The lowest BCUT2D eigenvalue weighted by Gasteiger charge is -2.05. The molecule has 1 heterocycles. The first-order chi connectivity index (χ1) is 10.7. The lowest BCUT2D eigenvalue weighted by atomic mass is 10.0. The number of ether oxygens (including phenoxy) is 1. The predicted molar refractivity (Wildman–Crippen MR) is 86.0 cm³/mol. The number of hydrogen-bond acceptors (Lipinski definition) is 5. The second-order valence-corrected chi connectivity index (χ2v) is 5.61. The number of benzene rings is 2. The highest BCUT2D eigenvalue weighted by atomic mass is 32.1. The molecule has 1 aromatic heterocycles. The van der Waals surface area contributed by atoms with Gasteiger partial charge in [-0.25, -0.2) is 9.78 Å². The number of carbonyl (C=O) groups excluding carboxylic acids is 2. The van der Waals surface area contributed by atoms with Gasteiger partial charge in [-0.05, 0) is 19.1 Å². The highest BCUT2D eigenvalue weighted by molar-refractivity contribution is 7.21. The molecule has 0 aliphatic heterocycles. The van der Waals surface area contributed by atoms with Crippen LogP contribution in [0.3, 0.4) is 0 Å². The second-order valence-electron chi connectivity index (χ2n) is 4.58. The summed E-state index contributed by atoms with van der Waals surface area (Å²) in [6, 6.07) is 14.7. The van der Waals surface area contributed by atoms with E-state index in [1.54, 1.807) is 25.1 Å². The van der Waals surface area contributed by atoms with Gasteiger partial charge < -0.3 is 4.74 Å². The Hall–Kier alpha value is -2.53. The third-order valence-electron chi connectivity index (χ3n) is 3.16. The van der Waals surface area contributed by atoms with Crippen molar-refractivity contribution in [2.24, 2.45) is 0 Å². The van der Waals surface area contributed by atoms with Crippen molar-refractivity contribution >= 4 is 33.3 Å². The molecule has 22 heavy (non-hydrogen) atoms. The molecule has 3 aromatic rings. The van der Waals surface area contributed by atoms with E-state index in [4.69, 9.17) is 4.74 Å². The summed E-state index contributed by atoms with van der Waals surface area (Å²) in [7, 11) is 0. The molecule has 0 unspecified atom stereocenters. The van der Waals surface area contributed by atoms with E-state index in [0.717, 1.165) is 15.2 Å². The number of para-hydroxylation sites is 1. The van der Waals surface area contributed by atoms with Gasteiger partial charge in [-0.3, -0.25) is 4.79 Å². The molecular formula is C17H13NO3S. The van der Waals surface area contributed by atoms with Gasteiger partial charge in [-0.2, -0.15) is 0 Å². The monoisotopic (exact) mass is 311 g/mol. The van der Waals surface area contributed by atoms with Crippen LogP contribution in [0.4, 0.5) is 0 Å². The van der Waals surface area contributed by atoms with Crippen molar-refractivity contribution in [3.8, 4) is 10.6 Å².